The van der Waals surface area contributed by atoms with Crippen LogP contribution in [0.4, 0.5) is 0 Å². The van der Waals surface area contributed by atoms with Gasteiger partial charge in [0.25, 0.3) is 0 Å². The number of nitrogens with one attached hydrogen (secondary N) is 1. The summed E-state index contributed by atoms with van der Waals surface area (Å²) in [6.45, 7) is 4.97. The minimum atomic E-state index is -0.743. The Morgan fingerprint density at radius 2 is 1.70 bits per heavy atom. The molecule has 0 aromatic rings. The van der Waals surface area contributed by atoms with Crippen LogP contribution in [0.5, 0.6) is 0 Å². The maximum absolute atomic E-state index is 10.9. The Labute approximate surface area is 59.7 Å². The van der Waals surface area contributed by atoms with Gasteiger partial charge in [-0.05, 0) is 0 Å². The molecule has 0 atom stereocenters. The average molecular weight is 144 g/mol. The van der Waals surface area contributed by atoms with Crippen molar-refractivity contribution >= 4 is 11.7 Å². The van der Waals surface area contributed by atoms with Crippen LogP contribution in [0.3, 0.4) is 0 Å². The Morgan fingerprint density at radius 1 is 1.30 bits per heavy atom. The van der Waals surface area contributed by atoms with Gasteiger partial charge in [-0.15, -0.1) is 0 Å². The predicted molar refractivity (Wildman–Crippen MR) is 36.8 cm³/mol. The SMILES string of the molecule is CC(C)(C)C(=O)C(=O)NN. The van der Waals surface area contributed by atoms with Crippen LogP contribution in [0.25, 0.3) is 0 Å². The fourth-order valence-corrected chi connectivity index (χ4v) is 0.406. The van der Waals surface area contributed by atoms with Crippen molar-refractivity contribution in [2.75, 3.05) is 0 Å². The molecule has 58 valence electrons. The Balaban J connectivity index is 4.24. The van der Waals surface area contributed by atoms with Crippen molar-refractivity contribution in [3.05, 3.63) is 0 Å². The molecule has 0 fully saturated rings. The smallest absolute Gasteiger partial charge is 0.288 e. The van der Waals surface area contributed by atoms with Gasteiger partial charge in [-0.3, -0.25) is 15.0 Å². The number of hydrogen-bond donors (Lipinski definition) is 2. The largest absolute Gasteiger partial charge is 0.301 e. The van der Waals surface area contributed by atoms with Gasteiger partial charge in [0.1, 0.15) is 0 Å². The van der Waals surface area contributed by atoms with Gasteiger partial charge in [0, 0.05) is 5.41 Å². The predicted octanol–water partition coefficient (Wildman–Crippen LogP) is -0.409. The van der Waals surface area contributed by atoms with Gasteiger partial charge < -0.3 is 0 Å². The summed E-state index contributed by atoms with van der Waals surface area (Å²) >= 11 is 0. The third kappa shape index (κ3) is 2.14. The minimum absolute atomic E-state index is 0.505. The average Bonchev–Trinajstić information content (AvgIpc) is 1.83. The van der Waals surface area contributed by atoms with E-state index in [0.717, 1.165) is 0 Å². The lowest BCUT2D eigenvalue weighted by Crippen LogP contribution is -2.41. The fraction of sp³-hybridized carbons (Fsp3) is 0.667. The molecule has 0 aromatic heterocycles. The Bertz CT molecular complexity index is 158. The van der Waals surface area contributed by atoms with Crippen LogP contribution >= 0.6 is 0 Å². The molecule has 0 aliphatic rings. The first-order valence-electron chi connectivity index (χ1n) is 2.95. The molecule has 4 heteroatoms. The van der Waals surface area contributed by atoms with Crippen LogP contribution in [0.2, 0.25) is 0 Å². The number of rotatable bonds is 1. The Hall–Kier alpha value is -0.900. The summed E-state index contributed by atoms with van der Waals surface area (Å²) in [5.74, 6) is 3.50. The summed E-state index contributed by atoms with van der Waals surface area (Å²) in [5, 5.41) is 0. The topological polar surface area (TPSA) is 72.2 Å². The number of hydrogen-bond acceptors (Lipinski definition) is 3. The second kappa shape index (κ2) is 2.79. The summed E-state index contributed by atoms with van der Waals surface area (Å²) in [5.41, 5.74) is 1.13. The first-order valence-corrected chi connectivity index (χ1v) is 2.95. The van der Waals surface area contributed by atoms with Gasteiger partial charge in [-0.1, -0.05) is 20.8 Å². The maximum atomic E-state index is 10.9. The van der Waals surface area contributed by atoms with E-state index in [4.69, 9.17) is 5.84 Å². The molecule has 0 unspecified atom stereocenters. The van der Waals surface area contributed by atoms with E-state index in [9.17, 15) is 9.59 Å². The second-order valence-corrected chi connectivity index (χ2v) is 3.05. The molecule has 0 heterocycles. The van der Waals surface area contributed by atoms with E-state index in [2.05, 4.69) is 0 Å². The molecule has 0 rings (SSSR count). The zero-order valence-electron chi connectivity index (χ0n) is 6.39. The molecular formula is C6H12N2O2. The minimum Gasteiger partial charge on any atom is -0.288 e. The maximum Gasteiger partial charge on any atom is 0.301 e. The number of nitrogens with two attached hydrogens (primary N) is 1. The molecule has 0 aromatic carbocycles. The molecule has 0 saturated carbocycles. The first kappa shape index (κ1) is 9.10. The highest BCUT2D eigenvalue weighted by Crippen LogP contribution is 2.13. The second-order valence-electron chi connectivity index (χ2n) is 3.05. The zero-order chi connectivity index (χ0) is 8.36. The molecule has 10 heavy (non-hydrogen) atoms. The van der Waals surface area contributed by atoms with Crippen LogP contribution in [-0.4, -0.2) is 11.7 Å². The van der Waals surface area contributed by atoms with E-state index in [-0.39, 0.29) is 0 Å². The van der Waals surface area contributed by atoms with Crippen LogP contribution in [-0.2, 0) is 9.59 Å². The highest BCUT2D eigenvalue weighted by Gasteiger charge is 2.27. The monoisotopic (exact) mass is 144 g/mol. The standard InChI is InChI=1S/C6H12N2O2/c1-6(2,3)4(9)5(10)8-7/h7H2,1-3H3,(H,8,10). The number of carbonyl (C=O) groups is 2. The fourth-order valence-electron chi connectivity index (χ4n) is 0.406. The molecule has 1 amide bonds. The summed E-state index contributed by atoms with van der Waals surface area (Å²) in [6, 6.07) is 0. The van der Waals surface area contributed by atoms with E-state index in [1.165, 1.54) is 0 Å². The number of Topliss-reactive ketones (excluding diaryl/α,β-unsaturated/α-hetero) is 1. The number of amides is 1. The highest BCUT2D eigenvalue weighted by molar-refractivity contribution is 6.37. The van der Waals surface area contributed by atoms with Crippen molar-refractivity contribution in [1.29, 1.82) is 0 Å². The lowest BCUT2D eigenvalue weighted by atomic mass is 9.90. The van der Waals surface area contributed by atoms with E-state index in [1.54, 1.807) is 26.2 Å². The number of carbonyl (C=O) groups excluding carboxylic acids is 2. The quantitative estimate of drug-likeness (QED) is 0.227. The van der Waals surface area contributed by atoms with Crippen molar-refractivity contribution < 1.29 is 9.59 Å². The lowest BCUT2D eigenvalue weighted by Gasteiger charge is -2.13. The van der Waals surface area contributed by atoms with Gasteiger partial charge in [-0.2, -0.15) is 0 Å². The summed E-state index contributed by atoms with van der Waals surface area (Å²) < 4.78 is 0. The first-order chi connectivity index (χ1) is 4.39. The van der Waals surface area contributed by atoms with E-state index >= 15 is 0 Å². The Kier molecular flexibility index (Phi) is 2.54. The van der Waals surface area contributed by atoms with Gasteiger partial charge in [0.2, 0.25) is 5.78 Å². The highest BCUT2D eigenvalue weighted by atomic mass is 16.2. The van der Waals surface area contributed by atoms with E-state index in [1.807, 2.05) is 0 Å². The molecule has 0 aliphatic carbocycles. The van der Waals surface area contributed by atoms with Gasteiger partial charge in [-0.25, -0.2) is 5.84 Å². The number of ketones is 1. The van der Waals surface area contributed by atoms with Crippen molar-refractivity contribution in [3.63, 3.8) is 0 Å². The molecular weight excluding hydrogens is 132 g/mol. The van der Waals surface area contributed by atoms with Crippen LogP contribution in [0.15, 0.2) is 0 Å². The molecule has 0 spiro atoms. The normalized spacial score (nSPS) is 10.8. The van der Waals surface area contributed by atoms with Crippen LogP contribution < -0.4 is 11.3 Å². The Morgan fingerprint density at radius 3 is 1.80 bits per heavy atom. The molecule has 0 radical (unpaired) electrons. The molecule has 0 bridgehead atoms. The van der Waals surface area contributed by atoms with E-state index in [0.29, 0.717) is 0 Å². The lowest BCUT2D eigenvalue weighted by molar-refractivity contribution is -0.142. The molecule has 3 N–H and O–H groups in total. The third-order valence-electron chi connectivity index (χ3n) is 1.02. The van der Waals surface area contributed by atoms with Crippen molar-refractivity contribution in [2.24, 2.45) is 11.3 Å². The molecule has 4 nitrogen and oxygen atoms in total. The van der Waals surface area contributed by atoms with Crippen molar-refractivity contribution in [3.8, 4) is 0 Å². The van der Waals surface area contributed by atoms with Gasteiger partial charge in [0.05, 0.1) is 0 Å². The van der Waals surface area contributed by atoms with Gasteiger partial charge >= 0.3 is 5.91 Å². The summed E-state index contributed by atoms with van der Waals surface area (Å²) in [7, 11) is 0. The van der Waals surface area contributed by atoms with Crippen molar-refractivity contribution in [1.82, 2.24) is 5.43 Å². The van der Waals surface area contributed by atoms with E-state index < -0.39 is 17.1 Å². The van der Waals surface area contributed by atoms with Crippen molar-refractivity contribution in [2.45, 2.75) is 20.8 Å². The number of hydrazine groups is 1. The van der Waals surface area contributed by atoms with Crippen LogP contribution in [0, 0.1) is 5.41 Å². The van der Waals surface area contributed by atoms with Crippen LogP contribution in [0.1, 0.15) is 20.8 Å². The third-order valence-corrected chi connectivity index (χ3v) is 1.02. The van der Waals surface area contributed by atoms with Gasteiger partial charge in [0.15, 0.2) is 0 Å². The molecule has 0 saturated heterocycles. The summed E-state index contributed by atoms with van der Waals surface area (Å²) in [6.07, 6.45) is 0. The summed E-state index contributed by atoms with van der Waals surface area (Å²) in [4.78, 5) is 21.5. The molecule has 0 aliphatic heterocycles. The zero-order valence-corrected chi connectivity index (χ0v) is 6.39.